The fraction of sp³-hybridized carbons (Fsp3) is 0.571. The van der Waals surface area contributed by atoms with Gasteiger partial charge in [-0.15, -0.1) is 6.58 Å². The van der Waals surface area contributed by atoms with Gasteiger partial charge in [-0.3, -0.25) is 5.73 Å². The van der Waals surface area contributed by atoms with Gasteiger partial charge in [0, 0.05) is 11.0 Å². The van der Waals surface area contributed by atoms with Crippen molar-refractivity contribution < 1.29 is 17.9 Å². The topological polar surface area (TPSA) is 35.2 Å². The van der Waals surface area contributed by atoms with E-state index in [9.17, 15) is 13.2 Å². The monoisotopic (exact) mass is 277 g/mol. The molecule has 0 aromatic heterocycles. The van der Waals surface area contributed by atoms with Crippen LogP contribution >= 0.6 is 0 Å². The molecule has 110 valence electrons. The molecule has 2 unspecified atom stereocenters. The van der Waals surface area contributed by atoms with Gasteiger partial charge in [-0.2, -0.15) is 13.2 Å². The highest BCUT2D eigenvalue weighted by Gasteiger charge is 2.40. The van der Waals surface area contributed by atoms with E-state index in [2.05, 4.69) is 13.2 Å². The summed E-state index contributed by atoms with van der Waals surface area (Å²) in [5, 5.41) is 0. The first-order chi connectivity index (χ1) is 8.45. The zero-order valence-electron chi connectivity index (χ0n) is 11.8. The second kappa shape index (κ2) is 6.28. The molecule has 0 aliphatic rings. The predicted octanol–water partition coefficient (Wildman–Crippen LogP) is 4.16. The summed E-state index contributed by atoms with van der Waals surface area (Å²) in [5.41, 5.74) is 4.15. The Kier molecular flexibility index (Phi) is 5.87. The van der Waals surface area contributed by atoms with Crippen LogP contribution in [0.5, 0.6) is 0 Å². The first-order valence-electron chi connectivity index (χ1n) is 5.92. The summed E-state index contributed by atoms with van der Waals surface area (Å²) >= 11 is 0. The molecule has 0 amide bonds. The number of halogens is 3. The molecule has 0 radical (unpaired) electrons. The van der Waals surface area contributed by atoms with E-state index in [4.69, 9.17) is 10.5 Å². The number of hydrogen-bond donors (Lipinski definition) is 1. The highest BCUT2D eigenvalue weighted by molar-refractivity contribution is 5.16. The summed E-state index contributed by atoms with van der Waals surface area (Å²) < 4.78 is 43.3. The van der Waals surface area contributed by atoms with Crippen LogP contribution in [-0.4, -0.2) is 12.4 Å². The van der Waals surface area contributed by atoms with E-state index in [1.165, 1.54) is 0 Å². The van der Waals surface area contributed by atoms with E-state index in [-0.39, 0.29) is 5.92 Å². The fourth-order valence-corrected chi connectivity index (χ4v) is 1.62. The van der Waals surface area contributed by atoms with Crippen molar-refractivity contribution in [2.24, 2.45) is 17.1 Å². The summed E-state index contributed by atoms with van der Waals surface area (Å²) in [7, 11) is 0. The molecular weight excluding hydrogens is 255 g/mol. The molecule has 0 aromatic rings. The first-order valence-corrected chi connectivity index (χ1v) is 5.92. The summed E-state index contributed by atoms with van der Waals surface area (Å²) in [5.74, 6) is 0.0622. The first kappa shape index (κ1) is 17.8. The lowest BCUT2D eigenvalue weighted by molar-refractivity contribution is -0.0933. The SMILES string of the molecule is C=CC(C)C(C)(/C=C(\C)C(F)(F)F)[C@H](N)OC(=C)C. The molecule has 0 bridgehead atoms. The number of allylic oxidation sites excluding steroid dienone is 3. The van der Waals surface area contributed by atoms with Crippen molar-refractivity contribution in [2.45, 2.75) is 40.1 Å². The van der Waals surface area contributed by atoms with Gasteiger partial charge in [0.15, 0.2) is 6.23 Å². The third-order valence-electron chi connectivity index (χ3n) is 3.25. The molecule has 0 saturated heterocycles. The van der Waals surface area contributed by atoms with Crippen molar-refractivity contribution in [3.05, 3.63) is 36.6 Å². The van der Waals surface area contributed by atoms with Crippen LogP contribution in [0.15, 0.2) is 36.6 Å². The molecule has 0 fully saturated rings. The molecule has 19 heavy (non-hydrogen) atoms. The minimum atomic E-state index is -4.38. The Morgan fingerprint density at radius 3 is 2.11 bits per heavy atom. The van der Waals surface area contributed by atoms with E-state index in [1.54, 1.807) is 26.8 Å². The predicted molar refractivity (Wildman–Crippen MR) is 71.2 cm³/mol. The van der Waals surface area contributed by atoms with Crippen molar-refractivity contribution >= 4 is 0 Å². The molecule has 5 heteroatoms. The van der Waals surface area contributed by atoms with Gasteiger partial charge >= 0.3 is 6.18 Å². The van der Waals surface area contributed by atoms with Crippen LogP contribution in [0, 0.1) is 11.3 Å². The van der Waals surface area contributed by atoms with Gasteiger partial charge in [-0.25, -0.2) is 0 Å². The highest BCUT2D eigenvalue weighted by Crippen LogP contribution is 2.38. The second-order valence-corrected chi connectivity index (χ2v) is 4.96. The molecule has 0 heterocycles. The smallest absolute Gasteiger partial charge is 0.412 e. The van der Waals surface area contributed by atoms with E-state index >= 15 is 0 Å². The highest BCUT2D eigenvalue weighted by atomic mass is 19.4. The van der Waals surface area contributed by atoms with Crippen LogP contribution < -0.4 is 5.73 Å². The van der Waals surface area contributed by atoms with Gasteiger partial charge in [0.05, 0.1) is 5.76 Å². The van der Waals surface area contributed by atoms with Gasteiger partial charge in [0.1, 0.15) is 0 Å². The molecule has 3 atom stereocenters. The Morgan fingerprint density at radius 1 is 1.32 bits per heavy atom. The normalized spacial score (nSPS) is 19.3. The van der Waals surface area contributed by atoms with Crippen molar-refractivity contribution in [3.8, 4) is 0 Å². The summed E-state index contributed by atoms with van der Waals surface area (Å²) in [6.07, 6.45) is -2.66. The lowest BCUT2D eigenvalue weighted by Gasteiger charge is -2.37. The van der Waals surface area contributed by atoms with Gasteiger partial charge in [-0.05, 0) is 19.8 Å². The number of hydrogen-bond acceptors (Lipinski definition) is 2. The molecule has 0 saturated carbocycles. The summed E-state index contributed by atoms with van der Waals surface area (Å²) in [6.45, 7) is 13.1. The third kappa shape index (κ3) is 4.74. The average Bonchev–Trinajstić information content (AvgIpc) is 2.25. The minimum absolute atomic E-state index is 0.292. The van der Waals surface area contributed by atoms with Crippen LogP contribution in [0.2, 0.25) is 0 Å². The maximum atomic E-state index is 12.7. The van der Waals surface area contributed by atoms with Crippen molar-refractivity contribution in [1.82, 2.24) is 0 Å². The van der Waals surface area contributed by atoms with Crippen LogP contribution in [0.4, 0.5) is 13.2 Å². The third-order valence-corrected chi connectivity index (χ3v) is 3.25. The molecule has 0 aliphatic heterocycles. The molecule has 0 aliphatic carbocycles. The molecule has 2 nitrogen and oxygen atoms in total. The van der Waals surface area contributed by atoms with Gasteiger partial charge in [0.2, 0.25) is 0 Å². The number of rotatable bonds is 6. The maximum Gasteiger partial charge on any atom is 0.412 e. The number of nitrogens with two attached hydrogens (primary N) is 1. The molecule has 0 aromatic carbocycles. The van der Waals surface area contributed by atoms with E-state index in [0.29, 0.717) is 5.76 Å². The maximum absolute atomic E-state index is 12.7. The van der Waals surface area contributed by atoms with E-state index in [0.717, 1.165) is 13.0 Å². The van der Waals surface area contributed by atoms with Gasteiger partial charge in [0.25, 0.3) is 0 Å². The van der Waals surface area contributed by atoms with Crippen LogP contribution in [0.25, 0.3) is 0 Å². The van der Waals surface area contributed by atoms with Crippen molar-refractivity contribution in [2.75, 3.05) is 0 Å². The second-order valence-electron chi connectivity index (χ2n) is 4.96. The van der Waals surface area contributed by atoms with Crippen molar-refractivity contribution in [1.29, 1.82) is 0 Å². The lowest BCUT2D eigenvalue weighted by Crippen LogP contribution is -2.44. The Morgan fingerprint density at radius 2 is 1.79 bits per heavy atom. The Balaban J connectivity index is 5.54. The standard InChI is InChI=1S/C14H22F3NO/c1-7-10(4)13(6,12(18)19-9(2)3)8-11(5)14(15,16)17/h7-8,10,12H,1-2,18H2,3-6H3/b11-8+/t10?,12-,13?/m1/s1. The molecule has 0 rings (SSSR count). The molecule has 2 N–H and O–H groups in total. The van der Waals surface area contributed by atoms with E-state index < -0.39 is 23.4 Å². The van der Waals surface area contributed by atoms with Crippen molar-refractivity contribution in [3.63, 3.8) is 0 Å². The summed E-state index contributed by atoms with van der Waals surface area (Å²) in [4.78, 5) is 0. The Bertz CT molecular complexity index is 373. The van der Waals surface area contributed by atoms with Crippen LogP contribution in [0.3, 0.4) is 0 Å². The minimum Gasteiger partial charge on any atom is -0.480 e. The molecular formula is C14H22F3NO. The molecule has 0 spiro atoms. The Hall–Kier alpha value is -1.23. The Labute approximate surface area is 112 Å². The van der Waals surface area contributed by atoms with Crippen LogP contribution in [0.1, 0.15) is 27.7 Å². The number of ether oxygens (including phenoxy) is 1. The van der Waals surface area contributed by atoms with Gasteiger partial charge in [-0.1, -0.05) is 32.6 Å². The number of alkyl halides is 3. The average molecular weight is 277 g/mol. The van der Waals surface area contributed by atoms with Gasteiger partial charge < -0.3 is 4.74 Å². The zero-order chi connectivity index (χ0) is 15.4. The lowest BCUT2D eigenvalue weighted by atomic mass is 9.75. The largest absolute Gasteiger partial charge is 0.480 e. The van der Waals surface area contributed by atoms with E-state index in [1.807, 2.05) is 0 Å². The zero-order valence-corrected chi connectivity index (χ0v) is 11.8. The quantitative estimate of drug-likeness (QED) is 0.449. The fourth-order valence-electron chi connectivity index (χ4n) is 1.62. The summed E-state index contributed by atoms with van der Waals surface area (Å²) in [6, 6.07) is 0. The van der Waals surface area contributed by atoms with Crippen LogP contribution in [-0.2, 0) is 4.74 Å².